The van der Waals surface area contributed by atoms with E-state index in [1.165, 1.54) is 30.4 Å². The molecule has 4 rings (SSSR count). The highest BCUT2D eigenvalue weighted by molar-refractivity contribution is 7.21. The summed E-state index contributed by atoms with van der Waals surface area (Å²) in [6, 6.07) is 10.5. The van der Waals surface area contributed by atoms with Crippen LogP contribution in [-0.4, -0.2) is 29.0 Å². The second kappa shape index (κ2) is 8.63. The van der Waals surface area contributed by atoms with E-state index in [1.807, 2.05) is 0 Å². The summed E-state index contributed by atoms with van der Waals surface area (Å²) in [5.74, 6) is -0.675. The van der Waals surface area contributed by atoms with Crippen LogP contribution in [0.2, 0.25) is 0 Å². The van der Waals surface area contributed by atoms with Gasteiger partial charge in [0.2, 0.25) is 0 Å². The molecule has 0 bridgehead atoms. The third-order valence-corrected chi connectivity index (χ3v) is 6.13. The molecule has 0 spiro atoms. The Bertz CT molecular complexity index is 1420. The largest absolute Gasteiger partial charge is 0.416 e. The van der Waals surface area contributed by atoms with Gasteiger partial charge in [-0.1, -0.05) is 18.2 Å². The standard InChI is InChI=1S/C22H17F3N6O2S/c1-31(21(33)30-13-6-3-5-12(9-13)22(23,24)25)14-7-2-4-11(8-14)17-15-16(26)18(19(27)32)34-20(15)29-10-28-17/h2-10H,26H2,1H3,(H2,27,32)(H,30,33). The number of benzene rings is 2. The molecule has 5 N–H and O–H groups in total. The number of halogens is 3. The molecular formula is C22H17F3N6O2S. The molecule has 0 aliphatic carbocycles. The normalized spacial score (nSPS) is 11.4. The average Bonchev–Trinajstić information content (AvgIpc) is 3.15. The molecule has 0 atom stereocenters. The van der Waals surface area contributed by atoms with E-state index >= 15 is 0 Å². The Morgan fingerprint density at radius 1 is 1.09 bits per heavy atom. The van der Waals surface area contributed by atoms with Crippen molar-refractivity contribution < 1.29 is 22.8 Å². The number of nitrogens with zero attached hydrogens (tertiary/aromatic N) is 3. The number of hydrogen-bond donors (Lipinski definition) is 3. The van der Waals surface area contributed by atoms with Crippen molar-refractivity contribution in [2.75, 3.05) is 23.0 Å². The molecule has 0 radical (unpaired) electrons. The molecule has 4 aromatic rings. The smallest absolute Gasteiger partial charge is 0.397 e. The van der Waals surface area contributed by atoms with Crippen molar-refractivity contribution >= 4 is 50.6 Å². The van der Waals surface area contributed by atoms with Gasteiger partial charge in [0.05, 0.1) is 22.3 Å². The van der Waals surface area contributed by atoms with Crippen LogP contribution in [0.4, 0.5) is 35.0 Å². The van der Waals surface area contributed by atoms with Gasteiger partial charge in [0.25, 0.3) is 5.91 Å². The summed E-state index contributed by atoms with van der Waals surface area (Å²) in [6.07, 6.45) is -3.20. The van der Waals surface area contributed by atoms with Crippen molar-refractivity contribution in [2.45, 2.75) is 6.18 Å². The predicted octanol–water partition coefficient (Wildman–Crippen LogP) is 4.73. The highest BCUT2D eigenvalue weighted by atomic mass is 32.1. The molecule has 8 nitrogen and oxygen atoms in total. The molecule has 174 valence electrons. The Kier molecular flexibility index (Phi) is 5.83. The van der Waals surface area contributed by atoms with E-state index < -0.39 is 23.7 Å². The van der Waals surface area contributed by atoms with Gasteiger partial charge in [-0.2, -0.15) is 13.2 Å². The van der Waals surface area contributed by atoms with E-state index in [0.717, 1.165) is 23.5 Å². The van der Waals surface area contributed by atoms with Crippen LogP contribution in [0.15, 0.2) is 54.9 Å². The zero-order valence-corrected chi connectivity index (χ0v) is 18.4. The fourth-order valence-electron chi connectivity index (χ4n) is 3.32. The van der Waals surface area contributed by atoms with E-state index in [4.69, 9.17) is 11.5 Å². The van der Waals surface area contributed by atoms with Crippen LogP contribution in [0.5, 0.6) is 0 Å². The molecule has 3 amide bonds. The van der Waals surface area contributed by atoms with Crippen LogP contribution < -0.4 is 21.7 Å². The summed E-state index contributed by atoms with van der Waals surface area (Å²) in [5.41, 5.74) is 12.3. The molecule has 2 aromatic carbocycles. The highest BCUT2D eigenvalue weighted by Crippen LogP contribution is 2.38. The number of primary amides is 1. The molecule has 34 heavy (non-hydrogen) atoms. The average molecular weight is 486 g/mol. The molecule has 0 fully saturated rings. The quantitative estimate of drug-likeness (QED) is 0.384. The van der Waals surface area contributed by atoms with Crippen molar-refractivity contribution in [3.8, 4) is 11.3 Å². The van der Waals surface area contributed by atoms with E-state index in [1.54, 1.807) is 24.3 Å². The lowest BCUT2D eigenvalue weighted by atomic mass is 10.1. The fourth-order valence-corrected chi connectivity index (χ4v) is 4.23. The van der Waals surface area contributed by atoms with Crippen LogP contribution >= 0.6 is 11.3 Å². The Labute approximate surface area is 195 Å². The third kappa shape index (κ3) is 4.35. The second-order valence-electron chi connectivity index (χ2n) is 7.23. The van der Waals surface area contributed by atoms with E-state index in [-0.39, 0.29) is 16.3 Å². The summed E-state index contributed by atoms with van der Waals surface area (Å²) in [5, 5.41) is 2.93. The summed E-state index contributed by atoms with van der Waals surface area (Å²) >= 11 is 1.06. The third-order valence-electron chi connectivity index (χ3n) is 5.00. The first kappa shape index (κ1) is 23.0. The van der Waals surface area contributed by atoms with Crippen LogP contribution in [0.1, 0.15) is 15.2 Å². The van der Waals surface area contributed by atoms with Gasteiger partial charge in [-0.3, -0.25) is 9.69 Å². The molecule has 0 saturated carbocycles. The van der Waals surface area contributed by atoms with Crippen molar-refractivity contribution in [2.24, 2.45) is 5.73 Å². The maximum Gasteiger partial charge on any atom is 0.416 e. The maximum atomic E-state index is 13.0. The molecule has 2 heterocycles. The number of nitrogens with one attached hydrogen (secondary N) is 1. The van der Waals surface area contributed by atoms with Gasteiger partial charge in [-0.25, -0.2) is 14.8 Å². The van der Waals surface area contributed by atoms with Gasteiger partial charge in [0, 0.05) is 24.0 Å². The van der Waals surface area contributed by atoms with Gasteiger partial charge < -0.3 is 16.8 Å². The number of hydrogen-bond acceptors (Lipinski definition) is 6. The van der Waals surface area contributed by atoms with E-state index in [2.05, 4.69) is 15.3 Å². The molecule has 2 aromatic heterocycles. The number of amides is 3. The number of aromatic nitrogens is 2. The number of thiophene rings is 1. The van der Waals surface area contributed by atoms with Gasteiger partial charge in [-0.15, -0.1) is 11.3 Å². The van der Waals surface area contributed by atoms with Gasteiger partial charge in [-0.05, 0) is 30.3 Å². The zero-order valence-electron chi connectivity index (χ0n) is 17.6. The summed E-state index contributed by atoms with van der Waals surface area (Å²) in [4.78, 5) is 34.7. The first-order chi connectivity index (χ1) is 16.1. The number of alkyl halides is 3. The minimum atomic E-state index is -4.53. The summed E-state index contributed by atoms with van der Waals surface area (Å²) < 4.78 is 38.9. The summed E-state index contributed by atoms with van der Waals surface area (Å²) in [7, 11) is 1.47. The van der Waals surface area contributed by atoms with Gasteiger partial charge in [0.1, 0.15) is 16.0 Å². The second-order valence-corrected chi connectivity index (χ2v) is 8.23. The number of carbonyl (C=O) groups is 2. The Hall–Kier alpha value is -4.19. The number of rotatable bonds is 4. The highest BCUT2D eigenvalue weighted by Gasteiger charge is 2.30. The molecule has 0 aliphatic heterocycles. The number of urea groups is 1. The topological polar surface area (TPSA) is 127 Å². The van der Waals surface area contributed by atoms with Crippen LogP contribution in [0, 0.1) is 0 Å². The van der Waals surface area contributed by atoms with Gasteiger partial charge >= 0.3 is 12.2 Å². The number of carbonyl (C=O) groups excluding carboxylic acids is 2. The van der Waals surface area contributed by atoms with Crippen LogP contribution in [-0.2, 0) is 6.18 Å². The predicted molar refractivity (Wildman–Crippen MR) is 125 cm³/mol. The minimum Gasteiger partial charge on any atom is -0.397 e. The van der Waals surface area contributed by atoms with Crippen LogP contribution in [0.25, 0.3) is 21.5 Å². The van der Waals surface area contributed by atoms with Crippen molar-refractivity contribution in [1.29, 1.82) is 0 Å². The monoisotopic (exact) mass is 486 g/mol. The molecule has 0 unspecified atom stereocenters. The molecule has 12 heteroatoms. The Morgan fingerprint density at radius 3 is 2.53 bits per heavy atom. The first-order valence-electron chi connectivity index (χ1n) is 9.71. The van der Waals surface area contributed by atoms with Gasteiger partial charge in [0.15, 0.2) is 0 Å². The number of nitrogen functional groups attached to an aromatic ring is 1. The lowest BCUT2D eigenvalue weighted by Gasteiger charge is -2.19. The van der Waals surface area contributed by atoms with Crippen molar-refractivity contribution in [1.82, 2.24) is 9.97 Å². The lowest BCUT2D eigenvalue weighted by Crippen LogP contribution is -2.31. The van der Waals surface area contributed by atoms with E-state index in [9.17, 15) is 22.8 Å². The number of nitrogens with two attached hydrogens (primary N) is 2. The van der Waals surface area contributed by atoms with E-state index in [0.29, 0.717) is 27.2 Å². The first-order valence-corrected chi connectivity index (χ1v) is 10.5. The van der Waals surface area contributed by atoms with Crippen LogP contribution in [0.3, 0.4) is 0 Å². The maximum absolute atomic E-state index is 13.0. The Balaban J connectivity index is 1.65. The fraction of sp³-hybridized carbons (Fsp3) is 0.0909. The van der Waals surface area contributed by atoms with Crippen molar-refractivity contribution in [3.63, 3.8) is 0 Å². The lowest BCUT2D eigenvalue weighted by molar-refractivity contribution is -0.137. The summed E-state index contributed by atoms with van der Waals surface area (Å²) in [6.45, 7) is 0. The number of anilines is 3. The molecule has 0 saturated heterocycles. The molecule has 0 aliphatic rings. The molecular weight excluding hydrogens is 469 g/mol. The number of fused-ring (bicyclic) bond motifs is 1. The van der Waals surface area contributed by atoms with Crippen molar-refractivity contribution in [3.05, 3.63) is 65.3 Å². The Morgan fingerprint density at radius 2 is 1.82 bits per heavy atom. The zero-order chi connectivity index (χ0) is 24.6. The SMILES string of the molecule is CN(C(=O)Nc1cccc(C(F)(F)F)c1)c1cccc(-c2ncnc3sc(C(N)=O)c(N)c23)c1. The minimum absolute atomic E-state index is 0.00497.